The number of nitro benzene ring substituents is 1. The van der Waals surface area contributed by atoms with E-state index in [2.05, 4.69) is 21.1 Å². The summed E-state index contributed by atoms with van der Waals surface area (Å²) >= 11 is 0. The molecule has 1 unspecified atom stereocenters. The Labute approximate surface area is 160 Å². The number of nitro groups is 1. The van der Waals surface area contributed by atoms with Crippen molar-refractivity contribution in [2.45, 2.75) is 12.5 Å². The Morgan fingerprint density at radius 2 is 2.21 bits per heavy atom. The van der Waals surface area contributed by atoms with E-state index < -0.39 is 10.5 Å². The summed E-state index contributed by atoms with van der Waals surface area (Å²) in [5.74, 6) is 0.649. The third kappa shape index (κ3) is 3.04. The van der Waals surface area contributed by atoms with Crippen LogP contribution in [0.3, 0.4) is 0 Å². The van der Waals surface area contributed by atoms with E-state index in [1.807, 2.05) is 20.2 Å². The Morgan fingerprint density at radius 1 is 1.39 bits per heavy atom. The highest BCUT2D eigenvalue weighted by molar-refractivity contribution is 5.88. The van der Waals surface area contributed by atoms with Crippen LogP contribution in [0.15, 0.2) is 36.7 Å². The van der Waals surface area contributed by atoms with E-state index in [0.29, 0.717) is 42.0 Å². The highest BCUT2D eigenvalue weighted by Gasteiger charge is 2.35. The molecule has 9 heteroatoms. The zero-order valence-corrected chi connectivity index (χ0v) is 15.5. The highest BCUT2D eigenvalue weighted by Crippen LogP contribution is 2.33. The minimum absolute atomic E-state index is 0.0610. The van der Waals surface area contributed by atoms with Crippen LogP contribution >= 0.6 is 0 Å². The molecule has 0 aliphatic carbocycles. The summed E-state index contributed by atoms with van der Waals surface area (Å²) in [4.78, 5) is 17.3. The third-order valence-corrected chi connectivity index (χ3v) is 5.02. The minimum atomic E-state index is -0.550. The SMILES string of the molecule is Cn1cc(C2(C)CN(c3cc(C#N)c4cc([N+](=O)[O-])ccc4n3)CCO2)cn1. The molecule has 9 nitrogen and oxygen atoms in total. The molecule has 0 bridgehead atoms. The zero-order valence-electron chi connectivity index (χ0n) is 15.5. The molecule has 3 heterocycles. The summed E-state index contributed by atoms with van der Waals surface area (Å²) in [6.07, 6.45) is 3.72. The van der Waals surface area contributed by atoms with Crippen LogP contribution in [0, 0.1) is 21.4 Å². The number of fused-ring (bicyclic) bond motifs is 1. The first-order valence-electron chi connectivity index (χ1n) is 8.77. The van der Waals surface area contributed by atoms with Gasteiger partial charge < -0.3 is 9.64 Å². The maximum atomic E-state index is 11.0. The van der Waals surface area contributed by atoms with Gasteiger partial charge in [0, 0.05) is 42.9 Å². The largest absolute Gasteiger partial charge is 0.367 e. The quantitative estimate of drug-likeness (QED) is 0.508. The van der Waals surface area contributed by atoms with Gasteiger partial charge in [0.25, 0.3) is 5.69 Å². The fourth-order valence-electron chi connectivity index (χ4n) is 3.50. The van der Waals surface area contributed by atoms with Gasteiger partial charge in [-0.3, -0.25) is 14.8 Å². The van der Waals surface area contributed by atoms with Crippen molar-refractivity contribution < 1.29 is 9.66 Å². The molecular formula is C19H18N6O3. The van der Waals surface area contributed by atoms with Crippen LogP contribution in [-0.2, 0) is 17.4 Å². The van der Waals surface area contributed by atoms with E-state index >= 15 is 0 Å². The average molecular weight is 378 g/mol. The lowest BCUT2D eigenvalue weighted by atomic mass is 9.97. The van der Waals surface area contributed by atoms with E-state index in [4.69, 9.17) is 4.74 Å². The molecule has 1 fully saturated rings. The predicted octanol–water partition coefficient (Wildman–Crippen LogP) is 2.50. The van der Waals surface area contributed by atoms with Crippen LogP contribution in [0.2, 0.25) is 0 Å². The maximum Gasteiger partial charge on any atom is 0.270 e. The second-order valence-corrected chi connectivity index (χ2v) is 7.00. The first kappa shape index (κ1) is 17.9. The number of hydrogen-bond acceptors (Lipinski definition) is 7. The second-order valence-electron chi connectivity index (χ2n) is 7.00. The summed E-state index contributed by atoms with van der Waals surface area (Å²) in [7, 11) is 1.86. The molecule has 0 radical (unpaired) electrons. The first-order valence-corrected chi connectivity index (χ1v) is 8.77. The molecule has 1 aromatic carbocycles. The number of anilines is 1. The summed E-state index contributed by atoms with van der Waals surface area (Å²) in [5, 5.41) is 25.3. The molecule has 0 amide bonds. The lowest BCUT2D eigenvalue weighted by molar-refractivity contribution is -0.384. The van der Waals surface area contributed by atoms with Crippen molar-refractivity contribution in [2.75, 3.05) is 24.6 Å². The zero-order chi connectivity index (χ0) is 19.9. The maximum absolute atomic E-state index is 11.0. The fraction of sp³-hybridized carbons (Fsp3) is 0.316. The van der Waals surface area contributed by atoms with E-state index in [1.54, 1.807) is 23.0 Å². The van der Waals surface area contributed by atoms with Gasteiger partial charge in [-0.1, -0.05) is 0 Å². The monoisotopic (exact) mass is 378 g/mol. The molecule has 0 N–H and O–H groups in total. The number of pyridine rings is 1. The molecule has 1 aliphatic heterocycles. The molecule has 1 saturated heterocycles. The number of nitrogens with zero attached hydrogens (tertiary/aromatic N) is 6. The number of aryl methyl sites for hydroxylation is 1. The van der Waals surface area contributed by atoms with Crippen molar-refractivity contribution in [1.29, 1.82) is 5.26 Å². The second kappa shape index (κ2) is 6.58. The standard InChI is InChI=1S/C19H18N6O3/c1-19(14-10-21-23(2)11-14)12-24(5-6-28-19)18-7-13(9-20)16-8-15(25(26)27)3-4-17(16)22-18/h3-4,7-8,10-11H,5-6,12H2,1-2H3. The van der Waals surface area contributed by atoms with Gasteiger partial charge in [0.2, 0.25) is 0 Å². The van der Waals surface area contributed by atoms with Crippen LogP contribution in [-0.4, -0.2) is 39.4 Å². The number of rotatable bonds is 3. The molecule has 0 saturated carbocycles. The van der Waals surface area contributed by atoms with Crippen molar-refractivity contribution in [3.05, 3.63) is 57.9 Å². The molecule has 142 valence electrons. The van der Waals surface area contributed by atoms with Crippen LogP contribution in [0.25, 0.3) is 10.9 Å². The molecule has 28 heavy (non-hydrogen) atoms. The van der Waals surface area contributed by atoms with E-state index in [9.17, 15) is 15.4 Å². The van der Waals surface area contributed by atoms with E-state index in [0.717, 1.165) is 5.56 Å². The minimum Gasteiger partial charge on any atom is -0.367 e. The Morgan fingerprint density at radius 3 is 2.89 bits per heavy atom. The highest BCUT2D eigenvalue weighted by atomic mass is 16.6. The van der Waals surface area contributed by atoms with Crippen LogP contribution in [0.5, 0.6) is 0 Å². The molecule has 1 atom stereocenters. The van der Waals surface area contributed by atoms with E-state index in [1.165, 1.54) is 12.1 Å². The smallest absolute Gasteiger partial charge is 0.270 e. The summed E-state index contributed by atoms with van der Waals surface area (Å²) in [5.41, 5.74) is 1.27. The van der Waals surface area contributed by atoms with Crippen LogP contribution < -0.4 is 4.90 Å². The van der Waals surface area contributed by atoms with Gasteiger partial charge in [-0.15, -0.1) is 0 Å². The predicted molar refractivity (Wildman–Crippen MR) is 102 cm³/mol. The van der Waals surface area contributed by atoms with E-state index in [-0.39, 0.29) is 5.69 Å². The topological polar surface area (TPSA) is 110 Å². The van der Waals surface area contributed by atoms with Crippen molar-refractivity contribution in [1.82, 2.24) is 14.8 Å². The average Bonchev–Trinajstić information content (AvgIpc) is 3.14. The third-order valence-electron chi connectivity index (χ3n) is 5.02. The fourth-order valence-corrected chi connectivity index (χ4v) is 3.50. The number of non-ortho nitro benzene ring substituents is 1. The number of ether oxygens (including phenoxy) is 1. The summed E-state index contributed by atoms with van der Waals surface area (Å²) in [6, 6.07) is 8.20. The Hall–Kier alpha value is -3.51. The molecule has 1 aliphatic rings. The Bertz CT molecular complexity index is 1120. The number of nitriles is 1. The van der Waals surface area contributed by atoms with Gasteiger partial charge in [0.05, 0.1) is 41.4 Å². The lowest BCUT2D eigenvalue weighted by Gasteiger charge is -2.40. The number of aromatic nitrogens is 3. The summed E-state index contributed by atoms with van der Waals surface area (Å²) < 4.78 is 7.77. The van der Waals surface area contributed by atoms with Crippen molar-refractivity contribution in [3.63, 3.8) is 0 Å². The number of morpholine rings is 1. The van der Waals surface area contributed by atoms with Gasteiger partial charge in [-0.2, -0.15) is 10.4 Å². The molecule has 2 aromatic heterocycles. The number of benzene rings is 1. The lowest BCUT2D eigenvalue weighted by Crippen LogP contribution is -2.48. The normalized spacial score (nSPS) is 19.5. The first-order chi connectivity index (χ1) is 13.4. The number of hydrogen-bond donors (Lipinski definition) is 0. The molecule has 3 aromatic rings. The Balaban J connectivity index is 1.73. The molecule has 4 rings (SSSR count). The van der Waals surface area contributed by atoms with Gasteiger partial charge >= 0.3 is 0 Å². The van der Waals surface area contributed by atoms with Crippen LogP contribution in [0.4, 0.5) is 11.5 Å². The Kier molecular flexibility index (Phi) is 4.20. The molecular weight excluding hydrogens is 360 g/mol. The van der Waals surface area contributed by atoms with Crippen LogP contribution in [0.1, 0.15) is 18.1 Å². The van der Waals surface area contributed by atoms with Gasteiger partial charge in [-0.25, -0.2) is 4.98 Å². The van der Waals surface area contributed by atoms with Crippen molar-refractivity contribution >= 4 is 22.4 Å². The molecule has 0 spiro atoms. The van der Waals surface area contributed by atoms with Crippen molar-refractivity contribution in [2.24, 2.45) is 7.05 Å². The summed E-state index contributed by atoms with van der Waals surface area (Å²) in [6.45, 7) is 3.69. The van der Waals surface area contributed by atoms with Gasteiger partial charge in [0.15, 0.2) is 0 Å². The van der Waals surface area contributed by atoms with Crippen molar-refractivity contribution in [3.8, 4) is 6.07 Å². The van der Waals surface area contributed by atoms with Gasteiger partial charge in [0.1, 0.15) is 11.4 Å². The van der Waals surface area contributed by atoms with Gasteiger partial charge in [-0.05, 0) is 19.1 Å².